The fraction of sp³-hybridized carbons (Fsp3) is 0.620. The van der Waals surface area contributed by atoms with E-state index in [9.17, 15) is 19.5 Å². The minimum absolute atomic E-state index is 0.175. The molecule has 0 saturated heterocycles. The Hall–Kier alpha value is -4.83. The maximum atomic E-state index is 12.9. The van der Waals surface area contributed by atoms with Crippen molar-refractivity contribution in [3.05, 3.63) is 146 Å². The molecule has 0 bridgehead atoms. The van der Waals surface area contributed by atoms with Crippen LogP contribution in [0.2, 0.25) is 0 Å². The number of aliphatic carboxylic acids is 1. The van der Waals surface area contributed by atoms with Gasteiger partial charge in [-0.1, -0.05) is 237 Å². The first kappa shape index (κ1) is 75.2. The van der Waals surface area contributed by atoms with Gasteiger partial charge in [-0.2, -0.15) is 0 Å². The summed E-state index contributed by atoms with van der Waals surface area (Å²) in [6.45, 7) is 4.71. The van der Waals surface area contributed by atoms with Gasteiger partial charge in [0.05, 0.1) is 34.4 Å². The molecule has 0 aliphatic carbocycles. The SMILES string of the molecule is CC/C=C\C/C=C\C/C=C\C/C=C\C/C=C\C/C=C\C/C=C\C/C=C\C/C=C\C/C=C\C/C=C\CCCCCCCC(=O)OC(COC(=O)CCCCCCC/C=C\CCCCCCCCC)COC(OCC[N+](C)(C)C)C(=O)O. The van der Waals surface area contributed by atoms with Crippen LogP contribution in [0.1, 0.15) is 226 Å². The van der Waals surface area contributed by atoms with E-state index in [4.69, 9.17) is 18.9 Å². The van der Waals surface area contributed by atoms with E-state index in [1.165, 1.54) is 51.4 Å². The van der Waals surface area contributed by atoms with Crippen LogP contribution >= 0.6 is 0 Å². The standard InChI is InChI=1S/C71H115NO8/c1-6-8-10-12-14-16-18-20-22-24-25-26-27-28-29-30-31-32-33-34-35-36-37-38-39-40-41-42-43-44-45-46-48-50-52-54-56-58-60-62-69(74)80-67(66-79-71(70(75)76)77-64-63-72(3,4)5)65-78-68(73)61-59-57-55-53-51-49-47-23-21-19-17-15-13-11-9-7-2/h8,10,14,16,20,22-23,25-26,28-29,31-32,34-35,37-38,40-41,43-44,46-48,67,71H,6-7,9,11-13,15,17-19,21,24,27,30,33,36,39,42,45,49-66H2,1-5H3/p+1/b10-8-,16-14-,22-20-,26-25-,29-28-,32-31-,35-34-,38-37-,41-40-,44-43-,47-23-,48-46-. The lowest BCUT2D eigenvalue weighted by Gasteiger charge is -2.25. The van der Waals surface area contributed by atoms with Crippen LogP contribution in [-0.2, 0) is 33.3 Å². The highest BCUT2D eigenvalue weighted by atomic mass is 16.7. The first-order valence-electron chi connectivity index (χ1n) is 31.5. The van der Waals surface area contributed by atoms with Gasteiger partial charge in [0.1, 0.15) is 13.2 Å². The van der Waals surface area contributed by atoms with Gasteiger partial charge in [-0.05, 0) is 122 Å². The third kappa shape index (κ3) is 60.8. The number of rotatable bonds is 56. The maximum absolute atomic E-state index is 12.9. The predicted octanol–water partition coefficient (Wildman–Crippen LogP) is 19.2. The van der Waals surface area contributed by atoms with Crippen molar-refractivity contribution in [1.82, 2.24) is 0 Å². The van der Waals surface area contributed by atoms with Crippen LogP contribution in [-0.4, -0.2) is 87.4 Å². The van der Waals surface area contributed by atoms with Crippen LogP contribution in [0.5, 0.6) is 0 Å². The molecule has 0 aromatic heterocycles. The molecule has 0 amide bonds. The number of quaternary nitrogens is 1. The van der Waals surface area contributed by atoms with Crippen molar-refractivity contribution >= 4 is 17.9 Å². The van der Waals surface area contributed by atoms with E-state index in [1.807, 2.05) is 21.1 Å². The average Bonchev–Trinajstić information content (AvgIpc) is 3.43. The number of nitrogens with zero attached hydrogens (tertiary/aromatic N) is 1. The van der Waals surface area contributed by atoms with Crippen molar-refractivity contribution in [2.24, 2.45) is 0 Å². The molecule has 1 N–H and O–H groups in total. The van der Waals surface area contributed by atoms with Crippen molar-refractivity contribution in [2.45, 2.75) is 238 Å². The third-order valence-electron chi connectivity index (χ3n) is 12.8. The summed E-state index contributed by atoms with van der Waals surface area (Å²) in [5, 5.41) is 9.71. The number of carbonyl (C=O) groups is 3. The molecule has 9 nitrogen and oxygen atoms in total. The predicted molar refractivity (Wildman–Crippen MR) is 340 cm³/mol. The molecule has 0 fully saturated rings. The highest BCUT2D eigenvalue weighted by Gasteiger charge is 2.25. The smallest absolute Gasteiger partial charge is 0.361 e. The Morgan fingerprint density at radius 1 is 0.388 bits per heavy atom. The monoisotopic (exact) mass is 1110 g/mol. The van der Waals surface area contributed by atoms with E-state index >= 15 is 0 Å². The number of carboxylic acids is 1. The molecule has 0 radical (unpaired) electrons. The van der Waals surface area contributed by atoms with Crippen LogP contribution in [0, 0.1) is 0 Å². The Kier molecular flexibility index (Phi) is 56.6. The molecule has 0 saturated carbocycles. The number of ether oxygens (including phenoxy) is 4. The van der Waals surface area contributed by atoms with Gasteiger partial charge in [0.15, 0.2) is 6.10 Å². The van der Waals surface area contributed by atoms with Gasteiger partial charge in [-0.25, -0.2) is 4.79 Å². The number of hydrogen-bond donors (Lipinski definition) is 1. The van der Waals surface area contributed by atoms with Crippen molar-refractivity contribution < 1.29 is 42.9 Å². The van der Waals surface area contributed by atoms with Gasteiger partial charge in [-0.3, -0.25) is 9.59 Å². The molecule has 452 valence electrons. The van der Waals surface area contributed by atoms with Crippen molar-refractivity contribution in [1.29, 1.82) is 0 Å². The van der Waals surface area contributed by atoms with Gasteiger partial charge in [0.2, 0.25) is 0 Å². The summed E-state index contributed by atoms with van der Waals surface area (Å²) in [7, 11) is 5.95. The first-order valence-corrected chi connectivity index (χ1v) is 31.5. The second kappa shape index (κ2) is 60.3. The molecule has 0 aliphatic heterocycles. The summed E-state index contributed by atoms with van der Waals surface area (Å²) in [5.41, 5.74) is 0. The normalized spacial score (nSPS) is 13.8. The zero-order chi connectivity index (χ0) is 58.3. The lowest BCUT2D eigenvalue weighted by molar-refractivity contribution is -0.870. The molecule has 2 atom stereocenters. The molecule has 80 heavy (non-hydrogen) atoms. The summed E-state index contributed by atoms with van der Waals surface area (Å²) in [5.74, 6) is -2.06. The zero-order valence-corrected chi connectivity index (χ0v) is 51.4. The van der Waals surface area contributed by atoms with Gasteiger partial charge >= 0.3 is 17.9 Å². The Balaban J connectivity index is 4.25. The van der Waals surface area contributed by atoms with Crippen LogP contribution in [0.25, 0.3) is 0 Å². The van der Waals surface area contributed by atoms with E-state index in [1.54, 1.807) is 0 Å². The van der Waals surface area contributed by atoms with Crippen LogP contribution in [0.15, 0.2) is 146 Å². The fourth-order valence-corrected chi connectivity index (χ4v) is 8.01. The topological polar surface area (TPSA) is 108 Å². The van der Waals surface area contributed by atoms with Crippen LogP contribution in [0.3, 0.4) is 0 Å². The molecule has 0 rings (SSSR count). The van der Waals surface area contributed by atoms with Crippen LogP contribution < -0.4 is 0 Å². The third-order valence-corrected chi connectivity index (χ3v) is 12.8. The molecule has 0 spiro atoms. The highest BCUT2D eigenvalue weighted by Crippen LogP contribution is 2.14. The number of hydrogen-bond acceptors (Lipinski definition) is 7. The van der Waals surface area contributed by atoms with Gasteiger partial charge in [-0.15, -0.1) is 0 Å². The summed E-state index contributed by atoms with van der Waals surface area (Å²) in [6.07, 6.45) is 85.1. The summed E-state index contributed by atoms with van der Waals surface area (Å²) in [6, 6.07) is 0. The first-order chi connectivity index (χ1) is 39.1. The average molecular weight is 1110 g/mol. The number of esters is 2. The quantitative estimate of drug-likeness (QED) is 0.0211. The highest BCUT2D eigenvalue weighted by molar-refractivity contribution is 5.71. The largest absolute Gasteiger partial charge is 0.477 e. The van der Waals surface area contributed by atoms with E-state index < -0.39 is 24.3 Å². The number of likely N-dealkylation sites (N-methyl/N-ethyl adjacent to an activating group) is 1. The Morgan fingerprint density at radius 3 is 1.07 bits per heavy atom. The van der Waals surface area contributed by atoms with Gasteiger partial charge in [0, 0.05) is 12.8 Å². The number of allylic oxidation sites excluding steroid dienone is 24. The second-order valence-corrected chi connectivity index (χ2v) is 21.6. The molecule has 0 aliphatic rings. The van der Waals surface area contributed by atoms with Crippen LogP contribution in [0.4, 0.5) is 0 Å². The summed E-state index contributed by atoms with van der Waals surface area (Å²) >= 11 is 0. The van der Waals surface area contributed by atoms with E-state index in [-0.39, 0.29) is 38.6 Å². The molecule has 0 aromatic carbocycles. The van der Waals surface area contributed by atoms with Crippen molar-refractivity contribution in [2.75, 3.05) is 47.5 Å². The fourth-order valence-electron chi connectivity index (χ4n) is 8.01. The van der Waals surface area contributed by atoms with Crippen molar-refractivity contribution in [3.63, 3.8) is 0 Å². The van der Waals surface area contributed by atoms with Gasteiger partial charge < -0.3 is 28.5 Å². The van der Waals surface area contributed by atoms with E-state index in [2.05, 4.69) is 160 Å². The lowest BCUT2D eigenvalue weighted by atomic mass is 10.1. The molecular weight excluding hydrogens is 995 g/mol. The second-order valence-electron chi connectivity index (χ2n) is 21.6. The number of carbonyl (C=O) groups excluding carboxylic acids is 2. The number of carboxylic acid groups (broad SMARTS) is 1. The molecule has 2 unspecified atom stereocenters. The molecule has 0 aromatic rings. The minimum Gasteiger partial charge on any atom is -0.477 e. The van der Waals surface area contributed by atoms with Crippen molar-refractivity contribution in [3.8, 4) is 0 Å². The molecular formula is C71H116NO8+. The van der Waals surface area contributed by atoms with Gasteiger partial charge in [0.25, 0.3) is 6.29 Å². The Morgan fingerprint density at radius 2 is 0.713 bits per heavy atom. The van der Waals surface area contributed by atoms with E-state index in [0.29, 0.717) is 17.4 Å². The lowest BCUT2D eigenvalue weighted by Crippen LogP contribution is -2.40. The zero-order valence-electron chi connectivity index (χ0n) is 51.4. The summed E-state index contributed by atoms with van der Waals surface area (Å²) < 4.78 is 22.8. The molecule has 9 heteroatoms. The molecule has 0 heterocycles. The Labute approximate surface area is 490 Å². The Bertz CT molecular complexity index is 1820. The van der Waals surface area contributed by atoms with E-state index in [0.717, 1.165) is 141 Å². The maximum Gasteiger partial charge on any atom is 0.361 e. The number of unbranched alkanes of at least 4 members (excludes halogenated alkanes) is 17. The minimum atomic E-state index is -1.53. The summed E-state index contributed by atoms with van der Waals surface area (Å²) in [4.78, 5) is 37.4.